The number of hydrogen-bond acceptors (Lipinski definition) is 4. The quantitative estimate of drug-likeness (QED) is 0.164. The normalized spacial score (nSPS) is 11.0. The van der Waals surface area contributed by atoms with Crippen molar-refractivity contribution < 1.29 is 14.3 Å². The average Bonchev–Trinajstić information content (AvgIpc) is 3.40. The lowest BCUT2D eigenvalue weighted by molar-refractivity contribution is -0.141. The molecule has 0 unspecified atom stereocenters. The van der Waals surface area contributed by atoms with Crippen molar-refractivity contribution >= 4 is 23.2 Å². The fraction of sp³-hybridized carbons (Fsp3) is 0.294. The van der Waals surface area contributed by atoms with Crippen LogP contribution in [0.4, 0.5) is 0 Å². The summed E-state index contributed by atoms with van der Waals surface area (Å²) in [7, 11) is 0. The number of ether oxygens (including phenoxy) is 1. The molecule has 0 saturated carbocycles. The third-order valence-corrected chi connectivity index (χ3v) is 7.95. The van der Waals surface area contributed by atoms with Crippen LogP contribution in [-0.4, -0.2) is 47.9 Å². The summed E-state index contributed by atoms with van der Waals surface area (Å²) in [5.74, 6) is -0.639. The van der Waals surface area contributed by atoms with Crippen LogP contribution in [0.5, 0.6) is 0 Å². The first-order valence-electron chi connectivity index (χ1n) is 13.9. The molecule has 5 nitrogen and oxygen atoms in total. The van der Waals surface area contributed by atoms with Gasteiger partial charge in [-0.25, -0.2) is 0 Å². The highest BCUT2D eigenvalue weighted by atomic mass is 32.1. The molecule has 0 bridgehead atoms. The molecular formula is C34H38N2O3S. The first-order valence-corrected chi connectivity index (χ1v) is 14.8. The Balaban J connectivity index is 1.62. The van der Waals surface area contributed by atoms with Crippen LogP contribution in [0.15, 0.2) is 102 Å². The zero-order valence-electron chi connectivity index (χ0n) is 23.4. The predicted molar refractivity (Wildman–Crippen MR) is 162 cm³/mol. The largest absolute Gasteiger partial charge is 0.382 e. The minimum atomic E-state index is -0.496. The van der Waals surface area contributed by atoms with E-state index in [0.29, 0.717) is 39.3 Å². The van der Waals surface area contributed by atoms with Crippen molar-refractivity contribution in [3.63, 3.8) is 0 Å². The van der Waals surface area contributed by atoms with Gasteiger partial charge in [-0.15, -0.1) is 11.3 Å². The zero-order chi connectivity index (χ0) is 28.2. The van der Waals surface area contributed by atoms with E-state index in [1.165, 1.54) is 5.56 Å². The van der Waals surface area contributed by atoms with E-state index < -0.39 is 5.92 Å². The van der Waals surface area contributed by atoms with Gasteiger partial charge in [0, 0.05) is 31.2 Å². The van der Waals surface area contributed by atoms with Crippen LogP contribution in [0.2, 0.25) is 0 Å². The Labute approximate surface area is 242 Å². The van der Waals surface area contributed by atoms with Crippen molar-refractivity contribution in [1.82, 2.24) is 9.80 Å². The molecule has 0 aliphatic rings. The molecule has 4 aromatic rings. The number of amides is 2. The highest BCUT2D eigenvalue weighted by Crippen LogP contribution is 2.27. The Morgan fingerprint density at radius 3 is 1.95 bits per heavy atom. The highest BCUT2D eigenvalue weighted by Gasteiger charge is 2.30. The van der Waals surface area contributed by atoms with Crippen LogP contribution >= 0.6 is 11.3 Å². The standard InChI is InChI=1S/C34H38N2O3S/c1-3-39-22-13-21-35(34(38)33(29-16-9-5-10-17-29)30-18-11-6-12-19-30)26-32(37)36(24-28-14-7-4-8-15-28)25-31-27(2)20-23-40-31/h4-12,14-20,23,33H,3,13,21-22,24-26H2,1-2H3. The Morgan fingerprint density at radius 2 is 1.40 bits per heavy atom. The molecular weight excluding hydrogens is 516 g/mol. The van der Waals surface area contributed by atoms with Gasteiger partial charge in [0.15, 0.2) is 0 Å². The number of aryl methyl sites for hydroxylation is 1. The van der Waals surface area contributed by atoms with Crippen LogP contribution < -0.4 is 0 Å². The minimum absolute atomic E-state index is 0.0123. The van der Waals surface area contributed by atoms with E-state index in [4.69, 9.17) is 4.74 Å². The van der Waals surface area contributed by atoms with Crippen LogP contribution in [-0.2, 0) is 27.4 Å². The summed E-state index contributed by atoms with van der Waals surface area (Å²) in [5.41, 5.74) is 4.06. The molecule has 0 saturated heterocycles. The predicted octanol–water partition coefficient (Wildman–Crippen LogP) is 6.67. The number of rotatable bonds is 14. The second kappa shape index (κ2) is 15.2. The van der Waals surface area contributed by atoms with Crippen LogP contribution in [0.25, 0.3) is 0 Å². The highest BCUT2D eigenvalue weighted by molar-refractivity contribution is 7.10. The van der Waals surface area contributed by atoms with Gasteiger partial charge in [-0.05, 0) is 54.0 Å². The summed E-state index contributed by atoms with van der Waals surface area (Å²) in [6.07, 6.45) is 0.659. The number of nitrogens with zero attached hydrogens (tertiary/aromatic N) is 2. The SMILES string of the molecule is CCOCCCN(CC(=O)N(Cc1ccccc1)Cc1sccc1C)C(=O)C(c1ccccc1)c1ccccc1. The molecule has 1 aromatic heterocycles. The van der Waals surface area contributed by atoms with Gasteiger partial charge in [0.05, 0.1) is 19.0 Å². The lowest BCUT2D eigenvalue weighted by atomic mass is 9.90. The van der Waals surface area contributed by atoms with Crippen LogP contribution in [0.3, 0.4) is 0 Å². The Bertz CT molecular complexity index is 1290. The Morgan fingerprint density at radius 1 is 0.800 bits per heavy atom. The molecule has 1 heterocycles. The van der Waals surface area contributed by atoms with Crippen molar-refractivity contribution in [3.8, 4) is 0 Å². The first-order chi connectivity index (χ1) is 19.6. The van der Waals surface area contributed by atoms with Gasteiger partial charge >= 0.3 is 0 Å². The smallest absolute Gasteiger partial charge is 0.242 e. The molecule has 0 radical (unpaired) electrons. The third kappa shape index (κ3) is 8.13. The summed E-state index contributed by atoms with van der Waals surface area (Å²) in [5, 5.41) is 2.06. The molecule has 6 heteroatoms. The third-order valence-electron chi connectivity index (χ3n) is 6.94. The summed E-state index contributed by atoms with van der Waals surface area (Å²) in [4.78, 5) is 33.1. The van der Waals surface area contributed by atoms with Crippen molar-refractivity contribution in [2.45, 2.75) is 39.3 Å². The van der Waals surface area contributed by atoms with Gasteiger partial charge < -0.3 is 14.5 Å². The second-order valence-electron chi connectivity index (χ2n) is 9.83. The van der Waals surface area contributed by atoms with Crippen LogP contribution in [0, 0.1) is 6.92 Å². The molecule has 0 fully saturated rings. The molecule has 3 aromatic carbocycles. The maximum Gasteiger partial charge on any atom is 0.242 e. The maximum absolute atomic E-state index is 14.3. The van der Waals surface area contributed by atoms with Crippen LogP contribution in [0.1, 0.15) is 46.4 Å². The minimum Gasteiger partial charge on any atom is -0.382 e. The molecule has 2 amide bonds. The van der Waals surface area contributed by atoms with E-state index in [9.17, 15) is 9.59 Å². The Kier molecular flexibility index (Phi) is 11.1. The van der Waals surface area contributed by atoms with Crippen molar-refractivity contribution in [2.75, 3.05) is 26.3 Å². The Hall–Kier alpha value is -3.74. The molecule has 0 aliphatic carbocycles. The molecule has 0 N–H and O–H groups in total. The number of carbonyl (C=O) groups excluding carboxylic acids is 2. The lowest BCUT2D eigenvalue weighted by Gasteiger charge is -2.31. The lowest BCUT2D eigenvalue weighted by Crippen LogP contribution is -2.45. The topological polar surface area (TPSA) is 49.9 Å². The van der Waals surface area contributed by atoms with Crippen molar-refractivity contribution in [2.24, 2.45) is 0 Å². The molecule has 208 valence electrons. The summed E-state index contributed by atoms with van der Waals surface area (Å²) >= 11 is 1.66. The molecule has 40 heavy (non-hydrogen) atoms. The van der Waals surface area contributed by atoms with Gasteiger partial charge in [0.25, 0.3) is 0 Å². The zero-order valence-corrected chi connectivity index (χ0v) is 24.2. The van der Waals surface area contributed by atoms with Gasteiger partial charge in [-0.2, -0.15) is 0 Å². The summed E-state index contributed by atoms with van der Waals surface area (Å²) in [6.45, 7) is 6.65. The van der Waals surface area contributed by atoms with Gasteiger partial charge in [-0.3, -0.25) is 9.59 Å². The monoisotopic (exact) mass is 554 g/mol. The summed E-state index contributed by atoms with van der Waals surface area (Å²) < 4.78 is 5.58. The fourth-order valence-corrected chi connectivity index (χ4v) is 5.68. The van der Waals surface area contributed by atoms with E-state index in [0.717, 1.165) is 21.6 Å². The van der Waals surface area contributed by atoms with E-state index in [-0.39, 0.29) is 18.4 Å². The molecule has 0 aliphatic heterocycles. The summed E-state index contributed by atoms with van der Waals surface area (Å²) in [6, 6.07) is 31.8. The van der Waals surface area contributed by atoms with E-state index >= 15 is 0 Å². The number of benzene rings is 3. The van der Waals surface area contributed by atoms with Gasteiger partial charge in [-0.1, -0.05) is 91.0 Å². The van der Waals surface area contributed by atoms with Gasteiger partial charge in [0.1, 0.15) is 0 Å². The second-order valence-corrected chi connectivity index (χ2v) is 10.8. The van der Waals surface area contributed by atoms with E-state index in [2.05, 4.69) is 18.4 Å². The number of carbonyl (C=O) groups is 2. The molecule has 0 spiro atoms. The number of hydrogen-bond donors (Lipinski definition) is 0. The van der Waals surface area contributed by atoms with Crippen molar-refractivity contribution in [3.05, 3.63) is 130 Å². The molecule has 0 atom stereocenters. The molecule has 4 rings (SSSR count). The van der Waals surface area contributed by atoms with E-state index in [1.807, 2.05) is 103 Å². The van der Waals surface area contributed by atoms with E-state index in [1.54, 1.807) is 16.2 Å². The first kappa shape index (κ1) is 29.2. The number of thiophene rings is 1. The average molecular weight is 555 g/mol. The van der Waals surface area contributed by atoms with Crippen molar-refractivity contribution in [1.29, 1.82) is 0 Å². The van der Waals surface area contributed by atoms with Gasteiger partial charge in [0.2, 0.25) is 11.8 Å². The fourth-order valence-electron chi connectivity index (χ4n) is 4.76. The maximum atomic E-state index is 14.3.